The quantitative estimate of drug-likeness (QED) is 0.664. The van der Waals surface area contributed by atoms with Gasteiger partial charge in [0.05, 0.1) is 16.9 Å². The van der Waals surface area contributed by atoms with E-state index >= 15 is 0 Å². The molecule has 1 saturated carbocycles. The molecule has 5 nitrogen and oxygen atoms in total. The fraction of sp³-hybridized carbons (Fsp3) is 0.923. The van der Waals surface area contributed by atoms with Gasteiger partial charge in [0.25, 0.3) is 0 Å². The first-order chi connectivity index (χ1) is 9.40. The van der Waals surface area contributed by atoms with Crippen molar-refractivity contribution in [1.29, 1.82) is 0 Å². The van der Waals surface area contributed by atoms with Crippen LogP contribution in [0.3, 0.4) is 0 Å². The molecule has 0 radical (unpaired) electrons. The van der Waals surface area contributed by atoms with E-state index in [-0.39, 0.29) is 28.7 Å². The fourth-order valence-electron chi connectivity index (χ4n) is 3.39. The molecule has 5 unspecified atom stereocenters. The number of carbonyl (C=O) groups excluding carboxylic acids is 1. The van der Waals surface area contributed by atoms with Crippen LogP contribution in [0.15, 0.2) is 0 Å². The number of halogens is 2. The lowest BCUT2D eigenvalue weighted by Crippen LogP contribution is -2.52. The molecule has 1 heterocycles. The van der Waals surface area contributed by atoms with E-state index < -0.39 is 6.10 Å². The number of aliphatic hydroxyl groups is 1. The highest BCUT2D eigenvalue weighted by Gasteiger charge is 2.40. The summed E-state index contributed by atoms with van der Waals surface area (Å²) in [6, 6.07) is -0.481. The van der Waals surface area contributed by atoms with Crippen LogP contribution in [-0.4, -0.2) is 52.0 Å². The molecule has 0 spiro atoms. The van der Waals surface area contributed by atoms with Gasteiger partial charge in [0.15, 0.2) is 0 Å². The monoisotopic (exact) mass is 323 g/mol. The van der Waals surface area contributed by atoms with E-state index in [1.807, 2.05) is 0 Å². The van der Waals surface area contributed by atoms with Gasteiger partial charge in [-0.05, 0) is 31.6 Å². The normalized spacial score (nSPS) is 37.7. The summed E-state index contributed by atoms with van der Waals surface area (Å²) < 4.78 is 0. The predicted octanol–water partition coefficient (Wildman–Crippen LogP) is 1.09. The fourth-order valence-corrected chi connectivity index (χ4v) is 3.98. The SMILES string of the molecule is NC(=O)N1CCC(C(N)C2CC(Cl)C(Cl)CC2O)CC1. The van der Waals surface area contributed by atoms with Crippen LogP contribution in [0.2, 0.25) is 0 Å². The van der Waals surface area contributed by atoms with Crippen molar-refractivity contribution >= 4 is 29.2 Å². The Bertz CT molecular complexity index is 351. The lowest BCUT2D eigenvalue weighted by Gasteiger charge is -2.42. The summed E-state index contributed by atoms with van der Waals surface area (Å²) in [6.07, 6.45) is 2.30. The number of alkyl halides is 2. The minimum Gasteiger partial charge on any atom is -0.393 e. The number of piperidine rings is 1. The Morgan fingerprint density at radius 2 is 1.75 bits per heavy atom. The molecule has 0 aromatic rings. The van der Waals surface area contributed by atoms with Gasteiger partial charge in [0.2, 0.25) is 0 Å². The van der Waals surface area contributed by atoms with Crippen LogP contribution in [0, 0.1) is 11.8 Å². The Morgan fingerprint density at radius 3 is 2.30 bits per heavy atom. The molecule has 2 aliphatic rings. The maximum absolute atomic E-state index is 11.1. The van der Waals surface area contributed by atoms with Gasteiger partial charge in [-0.25, -0.2) is 4.79 Å². The highest BCUT2D eigenvalue weighted by atomic mass is 35.5. The summed E-state index contributed by atoms with van der Waals surface area (Å²) in [4.78, 5) is 12.7. The third-order valence-corrected chi connectivity index (χ3v) is 5.83. The van der Waals surface area contributed by atoms with Crippen LogP contribution in [0.1, 0.15) is 25.7 Å². The van der Waals surface area contributed by atoms with Crippen molar-refractivity contribution in [3.05, 3.63) is 0 Å². The van der Waals surface area contributed by atoms with Crippen LogP contribution in [0.5, 0.6) is 0 Å². The summed E-state index contributed by atoms with van der Waals surface area (Å²) in [5, 5.41) is 9.87. The van der Waals surface area contributed by atoms with E-state index in [9.17, 15) is 9.90 Å². The minimum absolute atomic E-state index is 0.0161. The standard InChI is InChI=1S/C13H23Cl2N3O2/c14-9-5-8(11(19)6-10(9)15)12(16)7-1-3-18(4-2-7)13(17)20/h7-12,19H,1-6,16H2,(H2,17,20). The summed E-state index contributed by atoms with van der Waals surface area (Å²) in [5.74, 6) is 0.277. The average Bonchev–Trinajstić information content (AvgIpc) is 2.42. The average molecular weight is 324 g/mol. The second kappa shape index (κ2) is 6.69. The molecule has 2 fully saturated rings. The lowest BCUT2D eigenvalue weighted by atomic mass is 9.74. The molecule has 1 aliphatic heterocycles. The van der Waals surface area contributed by atoms with Crippen molar-refractivity contribution in [2.24, 2.45) is 23.3 Å². The molecule has 2 amide bonds. The lowest BCUT2D eigenvalue weighted by molar-refractivity contribution is 0.0382. The van der Waals surface area contributed by atoms with Gasteiger partial charge in [-0.1, -0.05) is 0 Å². The minimum atomic E-state index is -0.489. The zero-order chi connectivity index (χ0) is 14.9. The number of likely N-dealkylation sites (tertiary alicyclic amines) is 1. The van der Waals surface area contributed by atoms with E-state index in [0.29, 0.717) is 31.8 Å². The summed E-state index contributed by atoms with van der Waals surface area (Å²) in [5.41, 5.74) is 11.6. The van der Waals surface area contributed by atoms with Crippen LogP contribution in [0.25, 0.3) is 0 Å². The highest BCUT2D eigenvalue weighted by molar-refractivity contribution is 6.30. The van der Waals surface area contributed by atoms with Crippen molar-refractivity contribution in [3.8, 4) is 0 Å². The van der Waals surface area contributed by atoms with E-state index in [0.717, 1.165) is 12.8 Å². The number of nitrogens with zero attached hydrogens (tertiary/aromatic N) is 1. The Balaban J connectivity index is 1.91. The first-order valence-electron chi connectivity index (χ1n) is 7.16. The molecular weight excluding hydrogens is 301 g/mol. The van der Waals surface area contributed by atoms with Gasteiger partial charge < -0.3 is 21.5 Å². The number of carbonyl (C=O) groups is 1. The third-order valence-electron chi connectivity index (χ3n) is 4.74. The number of primary amides is 1. The number of urea groups is 1. The second-order valence-electron chi connectivity index (χ2n) is 5.97. The summed E-state index contributed by atoms with van der Waals surface area (Å²) in [6.45, 7) is 1.28. The van der Waals surface area contributed by atoms with E-state index in [2.05, 4.69) is 0 Å². The molecule has 7 heteroatoms. The van der Waals surface area contributed by atoms with Crippen molar-refractivity contribution in [2.45, 2.75) is 48.6 Å². The molecule has 1 saturated heterocycles. The molecule has 5 atom stereocenters. The Kier molecular flexibility index (Phi) is 5.40. The van der Waals surface area contributed by atoms with E-state index in [1.165, 1.54) is 0 Å². The van der Waals surface area contributed by atoms with Gasteiger partial charge in [-0.2, -0.15) is 0 Å². The molecule has 0 bridgehead atoms. The van der Waals surface area contributed by atoms with E-state index in [4.69, 9.17) is 34.7 Å². The molecule has 0 aromatic heterocycles. The van der Waals surface area contributed by atoms with Crippen LogP contribution < -0.4 is 11.5 Å². The predicted molar refractivity (Wildman–Crippen MR) is 79.9 cm³/mol. The van der Waals surface area contributed by atoms with Crippen molar-refractivity contribution in [2.75, 3.05) is 13.1 Å². The smallest absolute Gasteiger partial charge is 0.314 e. The number of hydrogen-bond acceptors (Lipinski definition) is 3. The second-order valence-corrected chi connectivity index (χ2v) is 7.10. The van der Waals surface area contributed by atoms with Gasteiger partial charge >= 0.3 is 6.03 Å². The molecule has 116 valence electrons. The van der Waals surface area contributed by atoms with Crippen molar-refractivity contribution in [3.63, 3.8) is 0 Å². The summed E-state index contributed by atoms with van der Waals surface area (Å²) >= 11 is 12.3. The van der Waals surface area contributed by atoms with Gasteiger partial charge in [-0.3, -0.25) is 0 Å². The van der Waals surface area contributed by atoms with Gasteiger partial charge in [0.1, 0.15) is 0 Å². The molecule has 2 rings (SSSR count). The third kappa shape index (κ3) is 3.50. The topological polar surface area (TPSA) is 92.6 Å². The maximum atomic E-state index is 11.1. The molecule has 1 aliphatic carbocycles. The van der Waals surface area contributed by atoms with Crippen LogP contribution in [-0.2, 0) is 0 Å². The largest absolute Gasteiger partial charge is 0.393 e. The molecule has 20 heavy (non-hydrogen) atoms. The number of nitrogens with two attached hydrogens (primary N) is 2. The zero-order valence-corrected chi connectivity index (χ0v) is 12.9. The van der Waals surface area contributed by atoms with Crippen LogP contribution in [0.4, 0.5) is 4.79 Å². The van der Waals surface area contributed by atoms with Gasteiger partial charge in [-0.15, -0.1) is 23.2 Å². The Labute approximate surface area is 129 Å². The summed E-state index contributed by atoms with van der Waals surface area (Å²) in [7, 11) is 0. The number of aliphatic hydroxyl groups excluding tert-OH is 1. The zero-order valence-electron chi connectivity index (χ0n) is 11.4. The molecule has 0 aromatic carbocycles. The van der Waals surface area contributed by atoms with E-state index in [1.54, 1.807) is 4.90 Å². The first-order valence-corrected chi connectivity index (χ1v) is 8.03. The number of amides is 2. The highest BCUT2D eigenvalue weighted by Crippen LogP contribution is 2.36. The van der Waals surface area contributed by atoms with Gasteiger partial charge in [0, 0.05) is 25.0 Å². The Morgan fingerprint density at radius 1 is 1.20 bits per heavy atom. The van der Waals surface area contributed by atoms with Crippen LogP contribution >= 0.6 is 23.2 Å². The first kappa shape index (κ1) is 16.1. The Hall–Kier alpha value is -0.230. The maximum Gasteiger partial charge on any atom is 0.314 e. The molecular formula is C13H23Cl2N3O2. The number of rotatable bonds is 2. The van der Waals surface area contributed by atoms with Crippen molar-refractivity contribution in [1.82, 2.24) is 4.90 Å². The van der Waals surface area contributed by atoms with Crippen molar-refractivity contribution < 1.29 is 9.90 Å². The molecule has 5 N–H and O–H groups in total. The number of hydrogen-bond donors (Lipinski definition) is 3.